The van der Waals surface area contributed by atoms with E-state index in [1.165, 1.54) is 18.4 Å². The molecule has 1 amide bonds. The van der Waals surface area contributed by atoms with E-state index >= 15 is 0 Å². The Bertz CT molecular complexity index is 749. The second-order valence-corrected chi connectivity index (χ2v) is 7.66. The Morgan fingerprint density at radius 1 is 1.23 bits per heavy atom. The molecule has 0 spiro atoms. The summed E-state index contributed by atoms with van der Waals surface area (Å²) in [5, 5.41) is 0. The topological polar surface area (TPSA) is 47.4 Å². The Morgan fingerprint density at radius 2 is 2.04 bits per heavy atom. The molecule has 2 aromatic rings. The molecule has 1 aliphatic heterocycles. The van der Waals surface area contributed by atoms with Crippen LogP contribution in [0.2, 0.25) is 0 Å². The number of benzene rings is 1. The minimum Gasteiger partial charge on any atom is -0.484 e. The molecule has 0 radical (unpaired) electrons. The van der Waals surface area contributed by atoms with Gasteiger partial charge in [0, 0.05) is 37.9 Å². The third-order valence-electron chi connectivity index (χ3n) is 5.42. The highest BCUT2D eigenvalue weighted by Gasteiger charge is 2.29. The molecule has 5 heteroatoms. The second kappa shape index (κ2) is 7.52. The number of hydrogen-bond acceptors (Lipinski definition) is 3. The number of nitrogens with zero attached hydrogens (tertiary/aromatic N) is 3. The summed E-state index contributed by atoms with van der Waals surface area (Å²) < 4.78 is 7.98. The lowest BCUT2D eigenvalue weighted by molar-refractivity contribution is -0.134. The fourth-order valence-electron chi connectivity index (χ4n) is 3.70. The highest BCUT2D eigenvalue weighted by Crippen LogP contribution is 2.33. The Hall–Kier alpha value is -2.30. The molecule has 2 fully saturated rings. The number of likely N-dealkylation sites (tertiary alicyclic amines) is 1. The predicted octanol–water partition coefficient (Wildman–Crippen LogP) is 3.39. The second-order valence-electron chi connectivity index (χ2n) is 7.66. The van der Waals surface area contributed by atoms with Crippen molar-refractivity contribution in [3.8, 4) is 5.75 Å². The first-order chi connectivity index (χ1) is 12.7. The highest BCUT2D eigenvalue weighted by atomic mass is 16.5. The predicted molar refractivity (Wildman–Crippen MR) is 100 cm³/mol. The summed E-state index contributed by atoms with van der Waals surface area (Å²) in [6, 6.07) is 7.82. The molecule has 26 heavy (non-hydrogen) atoms. The number of rotatable bonds is 6. The van der Waals surface area contributed by atoms with E-state index in [4.69, 9.17) is 4.74 Å². The van der Waals surface area contributed by atoms with Crippen LogP contribution in [0.4, 0.5) is 0 Å². The zero-order valence-electron chi connectivity index (χ0n) is 15.4. The summed E-state index contributed by atoms with van der Waals surface area (Å²) in [6.07, 6.45) is 8.79. The van der Waals surface area contributed by atoms with Gasteiger partial charge in [-0.05, 0) is 50.7 Å². The Kier molecular flexibility index (Phi) is 4.96. The molecule has 1 aromatic carbocycles. The van der Waals surface area contributed by atoms with Gasteiger partial charge in [-0.1, -0.05) is 17.7 Å². The number of hydrogen-bond donors (Lipinski definition) is 0. The smallest absolute Gasteiger partial charge is 0.260 e. The van der Waals surface area contributed by atoms with Crippen LogP contribution in [-0.2, 0) is 11.3 Å². The molecule has 5 nitrogen and oxygen atoms in total. The Morgan fingerprint density at radius 3 is 2.81 bits per heavy atom. The molecule has 0 unspecified atom stereocenters. The SMILES string of the molecule is Cc1ccc(OCC(=O)N2CCC[C@H](c3nccn3CC3CC3)C2)cc1. The van der Waals surface area contributed by atoms with Crippen LogP contribution in [0, 0.1) is 12.8 Å². The third kappa shape index (κ3) is 4.09. The van der Waals surface area contributed by atoms with E-state index in [0.717, 1.165) is 50.0 Å². The van der Waals surface area contributed by atoms with E-state index in [2.05, 4.69) is 15.7 Å². The van der Waals surface area contributed by atoms with E-state index in [1.54, 1.807) is 0 Å². The van der Waals surface area contributed by atoms with Gasteiger partial charge in [-0.2, -0.15) is 0 Å². The lowest BCUT2D eigenvalue weighted by atomic mass is 9.97. The van der Waals surface area contributed by atoms with Crippen molar-refractivity contribution in [2.45, 2.75) is 45.1 Å². The molecule has 138 valence electrons. The number of aryl methyl sites for hydroxylation is 1. The van der Waals surface area contributed by atoms with Gasteiger partial charge in [0.15, 0.2) is 6.61 Å². The zero-order valence-corrected chi connectivity index (χ0v) is 15.4. The molecule has 2 aliphatic rings. The van der Waals surface area contributed by atoms with E-state index in [-0.39, 0.29) is 12.5 Å². The number of ether oxygens (including phenoxy) is 1. The maximum Gasteiger partial charge on any atom is 0.260 e. The molecule has 1 aliphatic carbocycles. The minimum atomic E-state index is 0.0653. The van der Waals surface area contributed by atoms with Gasteiger partial charge >= 0.3 is 0 Å². The fraction of sp³-hybridized carbons (Fsp3) is 0.524. The molecular formula is C21H27N3O2. The molecule has 1 saturated heterocycles. The lowest BCUT2D eigenvalue weighted by Gasteiger charge is -2.32. The molecule has 1 saturated carbocycles. The molecule has 1 aromatic heterocycles. The summed E-state index contributed by atoms with van der Waals surface area (Å²) >= 11 is 0. The van der Waals surface area contributed by atoms with Crippen molar-refractivity contribution in [2.24, 2.45) is 5.92 Å². The first-order valence-corrected chi connectivity index (χ1v) is 9.67. The van der Waals surface area contributed by atoms with Gasteiger partial charge in [-0.25, -0.2) is 4.98 Å². The largest absolute Gasteiger partial charge is 0.484 e. The van der Waals surface area contributed by atoms with Gasteiger partial charge in [0.2, 0.25) is 0 Å². The summed E-state index contributed by atoms with van der Waals surface area (Å²) in [4.78, 5) is 19.2. The summed E-state index contributed by atoms with van der Waals surface area (Å²) in [5.41, 5.74) is 1.18. The van der Waals surface area contributed by atoms with Crippen molar-refractivity contribution in [1.29, 1.82) is 0 Å². The summed E-state index contributed by atoms with van der Waals surface area (Å²) in [6.45, 7) is 4.78. The molecule has 4 rings (SSSR count). The number of amides is 1. The third-order valence-corrected chi connectivity index (χ3v) is 5.42. The van der Waals surface area contributed by atoms with E-state index < -0.39 is 0 Å². The van der Waals surface area contributed by atoms with Crippen molar-refractivity contribution in [3.63, 3.8) is 0 Å². The number of imidazole rings is 1. The minimum absolute atomic E-state index is 0.0653. The Balaban J connectivity index is 1.34. The fourth-order valence-corrected chi connectivity index (χ4v) is 3.70. The first kappa shape index (κ1) is 17.1. The van der Waals surface area contributed by atoms with Crippen LogP contribution in [0.3, 0.4) is 0 Å². The van der Waals surface area contributed by atoms with Crippen LogP contribution in [0.25, 0.3) is 0 Å². The number of aromatic nitrogens is 2. The average Bonchev–Trinajstić information content (AvgIpc) is 3.36. The zero-order chi connectivity index (χ0) is 17.9. The number of carbonyl (C=O) groups is 1. The molecule has 0 N–H and O–H groups in total. The van der Waals surface area contributed by atoms with Crippen molar-refractivity contribution in [1.82, 2.24) is 14.5 Å². The number of carbonyl (C=O) groups excluding carboxylic acids is 1. The van der Waals surface area contributed by atoms with Crippen molar-refractivity contribution in [2.75, 3.05) is 19.7 Å². The molecule has 0 bridgehead atoms. The van der Waals surface area contributed by atoms with Gasteiger partial charge in [0.05, 0.1) is 0 Å². The number of piperidine rings is 1. The monoisotopic (exact) mass is 353 g/mol. The van der Waals surface area contributed by atoms with Crippen LogP contribution < -0.4 is 4.74 Å². The van der Waals surface area contributed by atoms with Crippen LogP contribution in [0.15, 0.2) is 36.7 Å². The van der Waals surface area contributed by atoms with Crippen LogP contribution in [0.5, 0.6) is 5.75 Å². The quantitative estimate of drug-likeness (QED) is 0.800. The Labute approximate surface area is 155 Å². The first-order valence-electron chi connectivity index (χ1n) is 9.67. The van der Waals surface area contributed by atoms with Crippen LogP contribution in [-0.4, -0.2) is 40.1 Å². The van der Waals surface area contributed by atoms with Gasteiger partial charge in [0.1, 0.15) is 11.6 Å². The van der Waals surface area contributed by atoms with Crippen molar-refractivity contribution < 1.29 is 9.53 Å². The van der Waals surface area contributed by atoms with Gasteiger partial charge in [-0.15, -0.1) is 0 Å². The molecular weight excluding hydrogens is 326 g/mol. The molecule has 1 atom stereocenters. The summed E-state index contributed by atoms with van der Waals surface area (Å²) in [7, 11) is 0. The van der Waals surface area contributed by atoms with Crippen LogP contribution >= 0.6 is 0 Å². The normalized spacial score (nSPS) is 20.2. The maximum atomic E-state index is 12.6. The van der Waals surface area contributed by atoms with Gasteiger partial charge in [-0.3, -0.25) is 4.79 Å². The molecule has 2 heterocycles. The van der Waals surface area contributed by atoms with Crippen LogP contribution in [0.1, 0.15) is 43.0 Å². The van der Waals surface area contributed by atoms with E-state index in [9.17, 15) is 4.79 Å². The van der Waals surface area contributed by atoms with E-state index in [0.29, 0.717) is 5.92 Å². The van der Waals surface area contributed by atoms with Gasteiger partial charge < -0.3 is 14.2 Å². The maximum absolute atomic E-state index is 12.6. The highest BCUT2D eigenvalue weighted by molar-refractivity contribution is 5.78. The standard InChI is InChI=1S/C21H27N3O2/c1-16-4-8-19(9-5-16)26-15-20(25)23-11-2-3-18(14-23)21-22-10-12-24(21)13-17-6-7-17/h4-5,8-10,12,17-18H,2-3,6-7,11,13-15H2,1H3/t18-/m0/s1. The van der Waals surface area contributed by atoms with Crippen molar-refractivity contribution >= 4 is 5.91 Å². The lowest BCUT2D eigenvalue weighted by Crippen LogP contribution is -2.42. The average molecular weight is 353 g/mol. The van der Waals surface area contributed by atoms with Crippen molar-refractivity contribution in [3.05, 3.63) is 48.0 Å². The van der Waals surface area contributed by atoms with E-state index in [1.807, 2.05) is 42.3 Å². The summed E-state index contributed by atoms with van der Waals surface area (Å²) in [5.74, 6) is 3.12. The van der Waals surface area contributed by atoms with Gasteiger partial charge in [0.25, 0.3) is 5.91 Å².